The van der Waals surface area contributed by atoms with E-state index < -0.39 is 0 Å². The number of aromatic nitrogens is 1. The van der Waals surface area contributed by atoms with Gasteiger partial charge in [-0.05, 0) is 43.2 Å². The van der Waals surface area contributed by atoms with Crippen LogP contribution in [0.1, 0.15) is 24.8 Å². The first kappa shape index (κ1) is 9.84. The largest absolute Gasteiger partial charge is 0.367 e. The van der Waals surface area contributed by atoms with Crippen molar-refractivity contribution in [2.75, 3.05) is 11.6 Å². The summed E-state index contributed by atoms with van der Waals surface area (Å²) in [5.74, 6) is 2.11. The van der Waals surface area contributed by atoms with Crippen LogP contribution in [-0.2, 0) is 5.75 Å². The van der Waals surface area contributed by atoms with Gasteiger partial charge in [0.05, 0.1) is 0 Å². The van der Waals surface area contributed by atoms with E-state index in [-0.39, 0.29) is 0 Å². The zero-order chi connectivity index (χ0) is 9.80. The third-order valence-corrected chi connectivity index (χ3v) is 3.21. The highest BCUT2D eigenvalue weighted by Gasteiger charge is 2.16. The van der Waals surface area contributed by atoms with Crippen molar-refractivity contribution in [2.24, 2.45) is 0 Å². The molecule has 3 heteroatoms. The monoisotopic (exact) mass is 208 g/mol. The molecule has 1 fully saturated rings. The molecule has 0 unspecified atom stereocenters. The van der Waals surface area contributed by atoms with Crippen LogP contribution in [0.3, 0.4) is 0 Å². The molecule has 1 N–H and O–H groups in total. The summed E-state index contributed by atoms with van der Waals surface area (Å²) in [7, 11) is 0. The van der Waals surface area contributed by atoms with Gasteiger partial charge in [0, 0.05) is 18.0 Å². The summed E-state index contributed by atoms with van der Waals surface area (Å²) in [4.78, 5) is 4.32. The molecule has 2 rings (SSSR count). The van der Waals surface area contributed by atoms with Gasteiger partial charge in [0.25, 0.3) is 0 Å². The molecule has 0 saturated heterocycles. The molecular weight excluding hydrogens is 192 g/mol. The van der Waals surface area contributed by atoms with E-state index in [0.29, 0.717) is 6.04 Å². The van der Waals surface area contributed by atoms with E-state index >= 15 is 0 Å². The number of rotatable bonds is 4. The van der Waals surface area contributed by atoms with Crippen molar-refractivity contribution in [1.29, 1.82) is 0 Å². The molecule has 1 aliphatic rings. The minimum Gasteiger partial charge on any atom is -0.367 e. The van der Waals surface area contributed by atoms with Gasteiger partial charge in [-0.3, -0.25) is 0 Å². The fourth-order valence-corrected chi connectivity index (χ4v) is 2.08. The number of hydrogen-bond acceptors (Lipinski definition) is 3. The van der Waals surface area contributed by atoms with E-state index in [1.54, 1.807) is 0 Å². The first-order valence-electron chi connectivity index (χ1n) is 5.09. The molecule has 14 heavy (non-hydrogen) atoms. The van der Waals surface area contributed by atoms with Crippen molar-refractivity contribution in [3.05, 3.63) is 23.9 Å². The van der Waals surface area contributed by atoms with Gasteiger partial charge in [-0.2, -0.15) is 11.8 Å². The lowest BCUT2D eigenvalue weighted by atomic mass is 9.93. The van der Waals surface area contributed by atoms with Crippen LogP contribution in [-0.4, -0.2) is 17.3 Å². The number of pyridine rings is 1. The van der Waals surface area contributed by atoms with E-state index in [1.807, 2.05) is 18.0 Å². The zero-order valence-electron chi connectivity index (χ0n) is 8.49. The molecule has 2 nitrogen and oxygen atoms in total. The Kier molecular flexibility index (Phi) is 3.30. The second-order valence-electron chi connectivity index (χ2n) is 3.75. The van der Waals surface area contributed by atoms with Gasteiger partial charge in [-0.1, -0.05) is 0 Å². The highest BCUT2D eigenvalue weighted by Crippen LogP contribution is 2.22. The van der Waals surface area contributed by atoms with Gasteiger partial charge in [-0.25, -0.2) is 4.98 Å². The van der Waals surface area contributed by atoms with Crippen LogP contribution < -0.4 is 5.32 Å². The van der Waals surface area contributed by atoms with Crippen LogP contribution in [0.4, 0.5) is 5.82 Å². The van der Waals surface area contributed by atoms with Crippen LogP contribution >= 0.6 is 11.8 Å². The maximum Gasteiger partial charge on any atom is 0.126 e. The summed E-state index contributed by atoms with van der Waals surface area (Å²) in [5.41, 5.74) is 1.36. The Bertz CT molecular complexity index is 297. The van der Waals surface area contributed by atoms with Gasteiger partial charge >= 0.3 is 0 Å². The standard InChI is InChI=1S/C11H16N2S/c1-14-8-9-5-6-12-11(7-9)13-10-3-2-4-10/h5-7,10H,2-4,8H2,1H3,(H,12,13). The smallest absolute Gasteiger partial charge is 0.126 e. The molecule has 0 amide bonds. The summed E-state index contributed by atoms with van der Waals surface area (Å²) in [6.07, 6.45) is 7.98. The van der Waals surface area contributed by atoms with Gasteiger partial charge in [0.1, 0.15) is 5.82 Å². The second kappa shape index (κ2) is 4.69. The molecular formula is C11H16N2S. The van der Waals surface area contributed by atoms with Crippen molar-refractivity contribution in [3.8, 4) is 0 Å². The average Bonchev–Trinajstić information content (AvgIpc) is 2.13. The Morgan fingerprint density at radius 2 is 2.43 bits per heavy atom. The van der Waals surface area contributed by atoms with Crippen LogP contribution in [0, 0.1) is 0 Å². The Morgan fingerprint density at radius 1 is 1.57 bits per heavy atom. The minimum absolute atomic E-state index is 0.673. The quantitative estimate of drug-likeness (QED) is 0.823. The van der Waals surface area contributed by atoms with E-state index in [0.717, 1.165) is 11.6 Å². The first-order chi connectivity index (χ1) is 6.88. The summed E-state index contributed by atoms with van der Waals surface area (Å²) in [5, 5.41) is 3.46. The molecule has 1 aromatic heterocycles. The van der Waals surface area contributed by atoms with Crippen LogP contribution in [0.15, 0.2) is 18.3 Å². The fourth-order valence-electron chi connectivity index (χ4n) is 1.57. The maximum atomic E-state index is 4.32. The van der Waals surface area contributed by atoms with Crippen molar-refractivity contribution in [3.63, 3.8) is 0 Å². The van der Waals surface area contributed by atoms with E-state index in [1.165, 1.54) is 24.8 Å². The Labute approximate surface area is 89.5 Å². The highest BCUT2D eigenvalue weighted by atomic mass is 32.2. The molecule has 0 spiro atoms. The summed E-state index contributed by atoms with van der Waals surface area (Å²) in [6.45, 7) is 0. The molecule has 0 radical (unpaired) electrons. The van der Waals surface area contributed by atoms with E-state index in [4.69, 9.17) is 0 Å². The Morgan fingerprint density at radius 3 is 3.07 bits per heavy atom. The summed E-state index contributed by atoms with van der Waals surface area (Å²) >= 11 is 1.85. The SMILES string of the molecule is CSCc1ccnc(NC2CCC2)c1. The van der Waals surface area contributed by atoms with E-state index in [9.17, 15) is 0 Å². The van der Waals surface area contributed by atoms with Crippen molar-refractivity contribution >= 4 is 17.6 Å². The molecule has 1 aromatic rings. The second-order valence-corrected chi connectivity index (χ2v) is 4.62. The third-order valence-electron chi connectivity index (χ3n) is 2.59. The topological polar surface area (TPSA) is 24.9 Å². The molecule has 76 valence electrons. The molecule has 0 atom stereocenters. The lowest BCUT2D eigenvalue weighted by molar-refractivity contribution is 0.444. The Hall–Kier alpha value is -0.700. The van der Waals surface area contributed by atoms with Crippen LogP contribution in [0.2, 0.25) is 0 Å². The summed E-state index contributed by atoms with van der Waals surface area (Å²) < 4.78 is 0. The number of anilines is 1. The maximum absolute atomic E-state index is 4.32. The van der Waals surface area contributed by atoms with Crippen LogP contribution in [0.25, 0.3) is 0 Å². The molecule has 1 aliphatic carbocycles. The van der Waals surface area contributed by atoms with Gasteiger partial charge in [0.15, 0.2) is 0 Å². The van der Waals surface area contributed by atoms with Crippen molar-refractivity contribution in [1.82, 2.24) is 4.98 Å². The lowest BCUT2D eigenvalue weighted by Gasteiger charge is -2.26. The van der Waals surface area contributed by atoms with Gasteiger partial charge in [0.2, 0.25) is 0 Å². The zero-order valence-corrected chi connectivity index (χ0v) is 9.31. The number of nitrogens with one attached hydrogen (secondary N) is 1. The molecule has 0 aromatic carbocycles. The number of nitrogens with zero attached hydrogens (tertiary/aromatic N) is 1. The van der Waals surface area contributed by atoms with Crippen LogP contribution in [0.5, 0.6) is 0 Å². The number of hydrogen-bond donors (Lipinski definition) is 1. The Balaban J connectivity index is 1.97. The van der Waals surface area contributed by atoms with Gasteiger partial charge in [-0.15, -0.1) is 0 Å². The van der Waals surface area contributed by atoms with Crippen molar-refractivity contribution < 1.29 is 0 Å². The minimum atomic E-state index is 0.673. The molecule has 0 bridgehead atoms. The fraction of sp³-hybridized carbons (Fsp3) is 0.545. The van der Waals surface area contributed by atoms with E-state index in [2.05, 4.69) is 28.7 Å². The highest BCUT2D eigenvalue weighted by molar-refractivity contribution is 7.97. The summed E-state index contributed by atoms with van der Waals surface area (Å²) in [6, 6.07) is 4.92. The third kappa shape index (κ3) is 2.41. The predicted octanol–water partition coefficient (Wildman–Crippen LogP) is 2.91. The molecule has 0 aliphatic heterocycles. The average molecular weight is 208 g/mol. The number of thioether (sulfide) groups is 1. The molecule has 1 heterocycles. The molecule has 1 saturated carbocycles. The van der Waals surface area contributed by atoms with Gasteiger partial charge < -0.3 is 5.32 Å². The predicted molar refractivity (Wildman–Crippen MR) is 62.7 cm³/mol. The normalized spacial score (nSPS) is 16.4. The lowest BCUT2D eigenvalue weighted by Crippen LogP contribution is -2.27. The van der Waals surface area contributed by atoms with Crippen molar-refractivity contribution in [2.45, 2.75) is 31.1 Å². The first-order valence-corrected chi connectivity index (χ1v) is 6.48.